The van der Waals surface area contributed by atoms with Crippen molar-refractivity contribution in [2.45, 2.75) is 47.9 Å². The number of halogens is 3. The molecule has 1 aromatic rings. The highest BCUT2D eigenvalue weighted by Gasteiger charge is 2.54. The van der Waals surface area contributed by atoms with Gasteiger partial charge in [0, 0.05) is 24.4 Å². The van der Waals surface area contributed by atoms with Gasteiger partial charge in [-0.3, -0.25) is 9.63 Å². The molecule has 2 aliphatic rings. The Morgan fingerprint density at radius 3 is 2.45 bits per heavy atom. The number of hydroxylamine groups is 2. The molecule has 31 heavy (non-hydrogen) atoms. The van der Waals surface area contributed by atoms with E-state index in [0.29, 0.717) is 17.9 Å². The Hall–Kier alpha value is -1.77. The van der Waals surface area contributed by atoms with Crippen molar-refractivity contribution in [1.82, 2.24) is 5.06 Å². The zero-order valence-electron chi connectivity index (χ0n) is 17.4. The number of benzene rings is 1. The van der Waals surface area contributed by atoms with Crippen molar-refractivity contribution in [1.29, 1.82) is 0 Å². The average Bonchev–Trinajstić information content (AvgIpc) is 2.75. The predicted molar refractivity (Wildman–Crippen MR) is 114 cm³/mol. The van der Waals surface area contributed by atoms with E-state index in [2.05, 4.69) is 0 Å². The molecule has 1 aromatic carbocycles. The Labute approximate surface area is 186 Å². The standard InChI is InChI=1S/C22H26ClF2NO4S/c1-26(30-2)21(27)13-15-9-11-22(12-10-15,19-14-17(24)5-8-20(19)25)31(28,29)18-6-3-16(23)4-7-18/h3-8,14-15,19-20H,9-13H2,1-2H3/t15?,19-,20?,22?/m1/s1. The van der Waals surface area contributed by atoms with Gasteiger partial charge in [-0.15, -0.1) is 0 Å². The van der Waals surface area contributed by atoms with Crippen molar-refractivity contribution in [3.8, 4) is 0 Å². The first-order valence-corrected chi connectivity index (χ1v) is 12.0. The summed E-state index contributed by atoms with van der Waals surface area (Å²) in [6.45, 7) is 0. The van der Waals surface area contributed by atoms with Crippen LogP contribution in [0.5, 0.6) is 0 Å². The van der Waals surface area contributed by atoms with Gasteiger partial charge in [0.25, 0.3) is 0 Å². The van der Waals surface area contributed by atoms with Crippen LogP contribution in [0, 0.1) is 11.8 Å². The molecule has 0 heterocycles. The predicted octanol–water partition coefficient (Wildman–Crippen LogP) is 4.83. The summed E-state index contributed by atoms with van der Waals surface area (Å²) in [5, 5.41) is 1.51. The number of nitrogens with zero attached hydrogens (tertiary/aromatic N) is 1. The number of carbonyl (C=O) groups excluding carboxylic acids is 1. The van der Waals surface area contributed by atoms with Gasteiger partial charge in [0.05, 0.1) is 16.8 Å². The minimum absolute atomic E-state index is 0.0288. The van der Waals surface area contributed by atoms with E-state index < -0.39 is 32.5 Å². The summed E-state index contributed by atoms with van der Waals surface area (Å²) in [7, 11) is -1.13. The van der Waals surface area contributed by atoms with Crippen LogP contribution in [0.25, 0.3) is 0 Å². The van der Waals surface area contributed by atoms with E-state index in [1.165, 1.54) is 38.4 Å². The van der Waals surface area contributed by atoms with Gasteiger partial charge in [-0.05, 0) is 74.1 Å². The molecule has 5 nitrogen and oxygen atoms in total. The SMILES string of the molecule is CON(C)C(=O)CC1CCC([C@@H]2C=C(F)C=CC2F)(S(=O)(=O)c2ccc(Cl)cc2)CC1. The van der Waals surface area contributed by atoms with E-state index >= 15 is 0 Å². The summed E-state index contributed by atoms with van der Waals surface area (Å²) in [4.78, 5) is 17.1. The lowest BCUT2D eigenvalue weighted by Gasteiger charge is -2.45. The van der Waals surface area contributed by atoms with Crippen LogP contribution in [-0.4, -0.2) is 44.5 Å². The summed E-state index contributed by atoms with van der Waals surface area (Å²) in [6.07, 6.45) is 2.80. The fourth-order valence-corrected chi connectivity index (χ4v) is 6.96. The molecule has 2 aliphatic carbocycles. The topological polar surface area (TPSA) is 63.7 Å². The Balaban J connectivity index is 1.95. The largest absolute Gasteiger partial charge is 0.275 e. The molecule has 0 saturated heterocycles. The first-order valence-electron chi connectivity index (χ1n) is 10.1. The second kappa shape index (κ2) is 9.38. The zero-order chi connectivity index (χ0) is 22.8. The molecule has 3 rings (SSSR count). The van der Waals surface area contributed by atoms with Crippen LogP contribution in [0.3, 0.4) is 0 Å². The van der Waals surface area contributed by atoms with Crippen molar-refractivity contribution in [3.05, 3.63) is 53.3 Å². The van der Waals surface area contributed by atoms with Gasteiger partial charge in [0.1, 0.15) is 12.0 Å². The maximum atomic E-state index is 15.0. The lowest BCUT2D eigenvalue weighted by molar-refractivity contribution is -0.170. The van der Waals surface area contributed by atoms with Gasteiger partial charge in [-0.1, -0.05) is 11.6 Å². The molecule has 1 amide bonds. The molecule has 1 unspecified atom stereocenters. The third-order valence-corrected chi connectivity index (χ3v) is 9.32. The molecule has 0 N–H and O–H groups in total. The smallest absolute Gasteiger partial charge is 0.246 e. The first kappa shape index (κ1) is 23.9. The average molecular weight is 474 g/mol. The van der Waals surface area contributed by atoms with Crippen LogP contribution in [-0.2, 0) is 19.5 Å². The van der Waals surface area contributed by atoms with E-state index in [1.54, 1.807) is 0 Å². The molecule has 1 fully saturated rings. The second-order valence-electron chi connectivity index (χ2n) is 8.12. The molecule has 0 aromatic heterocycles. The number of sulfone groups is 1. The summed E-state index contributed by atoms with van der Waals surface area (Å²) in [5.41, 5.74) is 0. The van der Waals surface area contributed by atoms with Crippen LogP contribution < -0.4 is 0 Å². The van der Waals surface area contributed by atoms with Crippen LogP contribution in [0.2, 0.25) is 5.02 Å². The molecule has 9 heteroatoms. The summed E-state index contributed by atoms with van der Waals surface area (Å²) < 4.78 is 55.1. The van der Waals surface area contributed by atoms with Gasteiger partial charge < -0.3 is 0 Å². The Morgan fingerprint density at radius 1 is 1.26 bits per heavy atom. The summed E-state index contributed by atoms with van der Waals surface area (Å²) in [5.74, 6) is -2.08. The molecule has 170 valence electrons. The minimum Gasteiger partial charge on any atom is -0.275 e. The highest BCUT2D eigenvalue weighted by atomic mass is 35.5. The van der Waals surface area contributed by atoms with Gasteiger partial charge in [0.15, 0.2) is 9.84 Å². The van der Waals surface area contributed by atoms with Gasteiger partial charge >= 0.3 is 0 Å². The number of carbonyl (C=O) groups is 1. The van der Waals surface area contributed by atoms with Crippen LogP contribution in [0.15, 0.2) is 53.2 Å². The number of hydrogen-bond donors (Lipinski definition) is 0. The minimum atomic E-state index is -4.03. The van der Waals surface area contributed by atoms with E-state index in [0.717, 1.165) is 23.3 Å². The van der Waals surface area contributed by atoms with Crippen molar-refractivity contribution in [2.75, 3.05) is 14.2 Å². The number of alkyl halides is 1. The number of allylic oxidation sites excluding steroid dienone is 4. The van der Waals surface area contributed by atoms with Crippen molar-refractivity contribution < 1.29 is 26.8 Å². The lowest BCUT2D eigenvalue weighted by atomic mass is 9.71. The van der Waals surface area contributed by atoms with Crippen LogP contribution in [0.4, 0.5) is 8.78 Å². The fourth-order valence-electron chi connectivity index (χ4n) is 4.54. The molecule has 0 spiro atoms. The molecule has 1 saturated carbocycles. The van der Waals surface area contributed by atoms with E-state index in [-0.39, 0.29) is 36.0 Å². The van der Waals surface area contributed by atoms with Gasteiger partial charge in [-0.2, -0.15) is 0 Å². The highest BCUT2D eigenvalue weighted by molar-refractivity contribution is 7.92. The maximum absolute atomic E-state index is 15.0. The van der Waals surface area contributed by atoms with Crippen LogP contribution in [0.1, 0.15) is 32.1 Å². The zero-order valence-corrected chi connectivity index (χ0v) is 19.0. The summed E-state index contributed by atoms with van der Waals surface area (Å²) in [6, 6.07) is 5.73. The Bertz CT molecular complexity index is 970. The Kier molecular flexibility index (Phi) is 7.23. The molecule has 0 radical (unpaired) electrons. The first-order chi connectivity index (χ1) is 14.6. The normalized spacial score (nSPS) is 28.8. The van der Waals surface area contributed by atoms with E-state index in [1.807, 2.05) is 0 Å². The molecule has 2 atom stereocenters. The van der Waals surface area contributed by atoms with Crippen LogP contribution >= 0.6 is 11.6 Å². The van der Waals surface area contributed by atoms with E-state index in [4.69, 9.17) is 16.4 Å². The molecular weight excluding hydrogens is 448 g/mol. The van der Waals surface area contributed by atoms with Gasteiger partial charge in [-0.25, -0.2) is 22.3 Å². The number of hydrogen-bond acceptors (Lipinski definition) is 4. The monoisotopic (exact) mass is 473 g/mol. The van der Waals surface area contributed by atoms with Crippen molar-refractivity contribution in [3.63, 3.8) is 0 Å². The molecule has 0 bridgehead atoms. The number of rotatable bonds is 6. The highest BCUT2D eigenvalue weighted by Crippen LogP contribution is 2.50. The third-order valence-electron chi connectivity index (χ3n) is 6.43. The third kappa shape index (κ3) is 4.71. The maximum Gasteiger partial charge on any atom is 0.246 e. The summed E-state index contributed by atoms with van der Waals surface area (Å²) >= 11 is 5.91. The molecule has 0 aliphatic heterocycles. The quantitative estimate of drug-likeness (QED) is 0.555. The fraction of sp³-hybridized carbons (Fsp3) is 0.500. The van der Waals surface area contributed by atoms with Crippen molar-refractivity contribution >= 4 is 27.3 Å². The van der Waals surface area contributed by atoms with E-state index in [9.17, 15) is 22.0 Å². The van der Waals surface area contributed by atoms with Gasteiger partial charge in [0.2, 0.25) is 5.91 Å². The number of amides is 1. The van der Waals surface area contributed by atoms with Crippen molar-refractivity contribution in [2.24, 2.45) is 11.8 Å². The second-order valence-corrected chi connectivity index (χ2v) is 10.9. The Morgan fingerprint density at radius 2 is 1.87 bits per heavy atom. The lowest BCUT2D eigenvalue weighted by Crippen LogP contribution is -2.51. The molecular formula is C22H26ClF2NO4S.